The number of nitrogens with zero attached hydrogens (tertiary/aromatic N) is 1. The summed E-state index contributed by atoms with van der Waals surface area (Å²) < 4.78 is 0. The second kappa shape index (κ2) is 6.17. The van der Waals surface area contributed by atoms with Crippen molar-refractivity contribution in [3.8, 4) is 0 Å². The Hall–Kier alpha value is -0.870. The predicted molar refractivity (Wildman–Crippen MR) is 69.0 cm³/mol. The van der Waals surface area contributed by atoms with Gasteiger partial charge >= 0.3 is 0 Å². The highest BCUT2D eigenvalue weighted by molar-refractivity contribution is 7.09. The topological polar surface area (TPSA) is 40.5 Å². The van der Waals surface area contributed by atoms with E-state index in [0.717, 1.165) is 32.4 Å². The highest BCUT2D eigenvalue weighted by Gasteiger charge is 2.24. The number of aliphatic hydroxyl groups excluding tert-OH is 1. The zero-order valence-electron chi connectivity index (χ0n) is 9.97. The Morgan fingerprint density at radius 3 is 3.12 bits per heavy atom. The molecule has 0 aromatic carbocycles. The highest BCUT2D eigenvalue weighted by Crippen LogP contribution is 2.18. The van der Waals surface area contributed by atoms with Crippen LogP contribution >= 0.6 is 11.3 Å². The van der Waals surface area contributed by atoms with Gasteiger partial charge in [-0.25, -0.2) is 0 Å². The largest absolute Gasteiger partial charge is 0.396 e. The predicted octanol–water partition coefficient (Wildman–Crippen LogP) is 1.91. The lowest BCUT2D eigenvalue weighted by atomic mass is 10.1. The van der Waals surface area contributed by atoms with Crippen LogP contribution in [0, 0.1) is 5.92 Å². The maximum absolute atomic E-state index is 11.9. The molecule has 1 aromatic rings. The van der Waals surface area contributed by atoms with E-state index in [4.69, 9.17) is 5.11 Å². The lowest BCUT2D eigenvalue weighted by molar-refractivity contribution is -0.130. The van der Waals surface area contributed by atoms with Gasteiger partial charge in [-0.15, -0.1) is 11.3 Å². The fraction of sp³-hybridized carbons (Fsp3) is 0.615. The zero-order chi connectivity index (χ0) is 12.1. The Kier molecular flexibility index (Phi) is 4.57. The van der Waals surface area contributed by atoms with Crippen LogP contribution in [-0.4, -0.2) is 35.6 Å². The molecule has 0 bridgehead atoms. The molecule has 94 valence electrons. The third kappa shape index (κ3) is 3.54. The van der Waals surface area contributed by atoms with Gasteiger partial charge in [0.2, 0.25) is 5.91 Å². The Morgan fingerprint density at radius 1 is 1.59 bits per heavy atom. The van der Waals surface area contributed by atoms with Crippen LogP contribution in [-0.2, 0) is 11.2 Å². The monoisotopic (exact) mass is 253 g/mol. The Morgan fingerprint density at radius 2 is 2.47 bits per heavy atom. The molecule has 0 radical (unpaired) electrons. The minimum absolute atomic E-state index is 0.207. The number of hydrogen-bond donors (Lipinski definition) is 1. The van der Waals surface area contributed by atoms with Crippen LogP contribution in [0.3, 0.4) is 0 Å². The molecule has 1 N–H and O–H groups in total. The molecule has 1 aromatic heterocycles. The van der Waals surface area contributed by atoms with Crippen molar-refractivity contribution < 1.29 is 9.90 Å². The SMILES string of the molecule is O=C(CCCc1cccs1)N1CCC(CO)C1. The highest BCUT2D eigenvalue weighted by atomic mass is 32.1. The van der Waals surface area contributed by atoms with E-state index in [-0.39, 0.29) is 12.5 Å². The van der Waals surface area contributed by atoms with Crippen LogP contribution in [0.4, 0.5) is 0 Å². The van der Waals surface area contributed by atoms with Crippen molar-refractivity contribution >= 4 is 17.2 Å². The number of aliphatic hydroxyl groups is 1. The summed E-state index contributed by atoms with van der Waals surface area (Å²) in [4.78, 5) is 15.1. The normalized spacial score (nSPS) is 19.8. The Labute approximate surface area is 106 Å². The maximum atomic E-state index is 11.9. The Bertz CT molecular complexity index is 350. The van der Waals surface area contributed by atoms with E-state index in [2.05, 4.69) is 11.4 Å². The van der Waals surface area contributed by atoms with Crippen molar-refractivity contribution in [2.24, 2.45) is 5.92 Å². The number of aryl methyl sites for hydroxylation is 1. The molecule has 1 amide bonds. The summed E-state index contributed by atoms with van der Waals surface area (Å²) in [5.74, 6) is 0.550. The van der Waals surface area contributed by atoms with Gasteiger partial charge in [-0.2, -0.15) is 0 Å². The van der Waals surface area contributed by atoms with Crippen molar-refractivity contribution in [1.82, 2.24) is 4.90 Å². The van der Waals surface area contributed by atoms with E-state index < -0.39 is 0 Å². The van der Waals surface area contributed by atoms with Crippen molar-refractivity contribution in [3.63, 3.8) is 0 Å². The molecule has 1 aliphatic rings. The van der Waals surface area contributed by atoms with Crippen molar-refractivity contribution in [3.05, 3.63) is 22.4 Å². The quantitative estimate of drug-likeness (QED) is 0.871. The third-order valence-corrected chi connectivity index (χ3v) is 4.23. The lowest BCUT2D eigenvalue weighted by Crippen LogP contribution is -2.28. The molecule has 1 saturated heterocycles. The standard InChI is InChI=1S/C13H19NO2S/c15-10-11-6-7-14(9-11)13(16)5-1-3-12-4-2-8-17-12/h2,4,8,11,15H,1,3,5-7,9-10H2. The molecule has 0 spiro atoms. The second-order valence-corrected chi connectivity index (χ2v) is 5.64. The van der Waals surface area contributed by atoms with Gasteiger partial charge in [0.25, 0.3) is 0 Å². The van der Waals surface area contributed by atoms with E-state index in [9.17, 15) is 4.79 Å². The maximum Gasteiger partial charge on any atom is 0.222 e. The summed E-state index contributed by atoms with van der Waals surface area (Å²) in [7, 11) is 0. The van der Waals surface area contributed by atoms with Crippen LogP contribution in [0.25, 0.3) is 0 Å². The summed E-state index contributed by atoms with van der Waals surface area (Å²) >= 11 is 1.75. The van der Waals surface area contributed by atoms with Gasteiger partial charge in [0.05, 0.1) is 0 Å². The van der Waals surface area contributed by atoms with E-state index in [1.54, 1.807) is 11.3 Å². The minimum atomic E-state index is 0.207. The molecule has 4 heteroatoms. The van der Waals surface area contributed by atoms with E-state index in [1.165, 1.54) is 4.88 Å². The molecule has 1 unspecified atom stereocenters. The first-order valence-electron chi connectivity index (χ1n) is 6.20. The minimum Gasteiger partial charge on any atom is -0.396 e. The third-order valence-electron chi connectivity index (χ3n) is 3.29. The van der Waals surface area contributed by atoms with Gasteiger partial charge in [-0.3, -0.25) is 4.79 Å². The van der Waals surface area contributed by atoms with Crippen LogP contribution < -0.4 is 0 Å². The second-order valence-electron chi connectivity index (χ2n) is 4.61. The summed E-state index contributed by atoms with van der Waals surface area (Å²) in [6.45, 7) is 1.77. The Balaban J connectivity index is 1.67. The fourth-order valence-corrected chi connectivity index (χ4v) is 2.99. The van der Waals surface area contributed by atoms with Crippen molar-refractivity contribution in [2.45, 2.75) is 25.7 Å². The van der Waals surface area contributed by atoms with Crippen LogP contribution in [0.1, 0.15) is 24.1 Å². The van der Waals surface area contributed by atoms with Gasteiger partial charge in [0.1, 0.15) is 0 Å². The fourth-order valence-electron chi connectivity index (χ4n) is 2.23. The van der Waals surface area contributed by atoms with Crippen LogP contribution in [0.5, 0.6) is 0 Å². The molecule has 3 nitrogen and oxygen atoms in total. The zero-order valence-corrected chi connectivity index (χ0v) is 10.8. The number of thiophene rings is 1. The molecule has 0 saturated carbocycles. The van der Waals surface area contributed by atoms with Crippen molar-refractivity contribution in [2.75, 3.05) is 19.7 Å². The molecule has 1 fully saturated rings. The van der Waals surface area contributed by atoms with Gasteiger partial charge in [0, 0.05) is 36.9 Å². The van der Waals surface area contributed by atoms with Gasteiger partial charge in [0.15, 0.2) is 0 Å². The molecular weight excluding hydrogens is 234 g/mol. The first-order chi connectivity index (χ1) is 8.29. The molecule has 0 aliphatic carbocycles. The molecular formula is C13H19NO2S. The van der Waals surface area contributed by atoms with Gasteiger partial charge < -0.3 is 10.0 Å². The molecule has 1 aliphatic heterocycles. The van der Waals surface area contributed by atoms with E-state index >= 15 is 0 Å². The first kappa shape index (κ1) is 12.6. The number of carbonyl (C=O) groups excluding carboxylic acids is 1. The number of rotatable bonds is 5. The molecule has 1 atom stereocenters. The molecule has 2 rings (SSSR count). The number of amides is 1. The van der Waals surface area contributed by atoms with Gasteiger partial charge in [-0.1, -0.05) is 6.07 Å². The van der Waals surface area contributed by atoms with E-state index in [1.807, 2.05) is 11.0 Å². The molecule has 2 heterocycles. The average molecular weight is 253 g/mol. The van der Waals surface area contributed by atoms with Gasteiger partial charge in [-0.05, 0) is 30.7 Å². The average Bonchev–Trinajstić information content (AvgIpc) is 2.99. The summed E-state index contributed by atoms with van der Waals surface area (Å²) in [6.07, 6.45) is 3.52. The van der Waals surface area contributed by atoms with Crippen LogP contribution in [0.15, 0.2) is 17.5 Å². The lowest BCUT2D eigenvalue weighted by Gasteiger charge is -2.15. The summed E-state index contributed by atoms with van der Waals surface area (Å²) in [5.41, 5.74) is 0. The van der Waals surface area contributed by atoms with Crippen LogP contribution in [0.2, 0.25) is 0 Å². The first-order valence-corrected chi connectivity index (χ1v) is 7.08. The van der Waals surface area contributed by atoms with Crippen molar-refractivity contribution in [1.29, 1.82) is 0 Å². The summed E-state index contributed by atoms with van der Waals surface area (Å²) in [6, 6.07) is 4.17. The number of likely N-dealkylation sites (tertiary alicyclic amines) is 1. The molecule has 17 heavy (non-hydrogen) atoms. The summed E-state index contributed by atoms with van der Waals surface area (Å²) in [5, 5.41) is 11.1. The smallest absolute Gasteiger partial charge is 0.222 e. The van der Waals surface area contributed by atoms with E-state index in [0.29, 0.717) is 12.3 Å². The number of hydrogen-bond acceptors (Lipinski definition) is 3. The number of carbonyl (C=O) groups is 1.